The van der Waals surface area contributed by atoms with Gasteiger partial charge >= 0.3 is 0 Å². The van der Waals surface area contributed by atoms with Crippen LogP contribution in [0.4, 0.5) is 0 Å². The molecule has 0 spiro atoms. The number of rotatable bonds is 32. The van der Waals surface area contributed by atoms with Crippen LogP contribution in [0.1, 0.15) is 201 Å². The Morgan fingerprint density at radius 2 is 0.750 bits per heavy atom. The van der Waals surface area contributed by atoms with Gasteiger partial charge in [0.2, 0.25) is 0 Å². The topological polar surface area (TPSA) is 0 Å². The quantitative estimate of drug-likeness (QED) is 0.0571. The Morgan fingerprint density at radius 1 is 0.400 bits per heavy atom. The summed E-state index contributed by atoms with van der Waals surface area (Å²) >= 11 is 0. The highest BCUT2D eigenvalue weighted by Gasteiger charge is 2.08. The summed E-state index contributed by atoms with van der Waals surface area (Å²) in [5.74, 6) is 2.80. The first-order chi connectivity index (χ1) is 19.6. The van der Waals surface area contributed by atoms with Gasteiger partial charge in [0.15, 0.2) is 0 Å². The summed E-state index contributed by atoms with van der Waals surface area (Å²) in [5, 5.41) is 0. The summed E-state index contributed by atoms with van der Waals surface area (Å²) in [6.45, 7) is 13.5. The third kappa shape index (κ3) is 31.7. The van der Waals surface area contributed by atoms with E-state index >= 15 is 0 Å². The van der Waals surface area contributed by atoms with E-state index in [0.717, 1.165) is 17.8 Å². The molecule has 3 unspecified atom stereocenters. The predicted molar refractivity (Wildman–Crippen MR) is 186 cm³/mol. The van der Waals surface area contributed by atoms with Crippen LogP contribution in [0, 0.1) is 17.8 Å². The Bertz CT molecular complexity index is 540. The highest BCUT2D eigenvalue weighted by molar-refractivity contribution is 5.08. The van der Waals surface area contributed by atoms with E-state index in [0.29, 0.717) is 0 Å². The molecule has 0 aliphatic heterocycles. The van der Waals surface area contributed by atoms with Gasteiger partial charge in [-0.1, -0.05) is 225 Å². The SMILES string of the molecule is C=CC=CC=CCCCCCCCCC(C)CCCC(C)CCCC(C)CCCCCCCCCCCCCC. The molecule has 0 aromatic heterocycles. The third-order valence-corrected chi connectivity index (χ3v) is 9.15. The first-order valence-electron chi connectivity index (χ1n) is 18.5. The molecule has 0 saturated carbocycles. The van der Waals surface area contributed by atoms with Crippen molar-refractivity contribution in [2.75, 3.05) is 0 Å². The maximum Gasteiger partial charge on any atom is -0.0348 e. The number of allylic oxidation sites excluding steroid dienone is 5. The van der Waals surface area contributed by atoms with E-state index in [4.69, 9.17) is 0 Å². The van der Waals surface area contributed by atoms with Crippen molar-refractivity contribution in [2.45, 2.75) is 201 Å². The molecule has 3 atom stereocenters. The molecule has 0 aromatic carbocycles. The Hall–Kier alpha value is -0.780. The fraction of sp³-hybridized carbons (Fsp3) is 0.850. The van der Waals surface area contributed by atoms with Gasteiger partial charge in [-0.2, -0.15) is 0 Å². The molecule has 0 aliphatic carbocycles. The first-order valence-corrected chi connectivity index (χ1v) is 18.5. The lowest BCUT2D eigenvalue weighted by molar-refractivity contribution is 0.373. The molecule has 0 nitrogen and oxygen atoms in total. The molecule has 0 heterocycles. The number of unbranched alkanes of at least 4 members (excludes halogenated alkanes) is 17. The smallest absolute Gasteiger partial charge is 0.0348 e. The van der Waals surface area contributed by atoms with Crippen LogP contribution in [-0.2, 0) is 0 Å². The Morgan fingerprint density at radius 3 is 1.15 bits per heavy atom. The molecule has 0 saturated heterocycles. The molecular formula is C40H76. The Labute approximate surface area is 255 Å². The highest BCUT2D eigenvalue weighted by Crippen LogP contribution is 2.23. The van der Waals surface area contributed by atoms with Gasteiger partial charge < -0.3 is 0 Å². The van der Waals surface area contributed by atoms with Crippen molar-refractivity contribution in [1.82, 2.24) is 0 Å². The van der Waals surface area contributed by atoms with Crippen molar-refractivity contribution in [1.29, 1.82) is 0 Å². The molecule has 0 rings (SSSR count). The molecular weight excluding hydrogens is 480 g/mol. The van der Waals surface area contributed by atoms with Crippen LogP contribution in [0.15, 0.2) is 37.0 Å². The summed E-state index contributed by atoms with van der Waals surface area (Å²) in [4.78, 5) is 0. The van der Waals surface area contributed by atoms with Crippen molar-refractivity contribution >= 4 is 0 Å². The summed E-state index contributed by atoms with van der Waals surface area (Å²) in [6.07, 6.45) is 49.2. The molecule has 0 amide bonds. The normalized spacial score (nSPS) is 14.3. The maximum absolute atomic E-state index is 3.69. The molecule has 0 aromatic rings. The Balaban J connectivity index is 3.42. The van der Waals surface area contributed by atoms with E-state index in [1.807, 2.05) is 12.2 Å². The molecule has 0 fully saturated rings. The van der Waals surface area contributed by atoms with E-state index in [-0.39, 0.29) is 0 Å². The monoisotopic (exact) mass is 557 g/mol. The lowest BCUT2D eigenvalue weighted by atomic mass is 9.90. The second kappa shape index (κ2) is 32.7. The van der Waals surface area contributed by atoms with Gasteiger partial charge in [-0.3, -0.25) is 0 Å². The average Bonchev–Trinajstić information content (AvgIpc) is 2.94. The lowest BCUT2D eigenvalue weighted by Crippen LogP contribution is -2.01. The molecule has 236 valence electrons. The van der Waals surface area contributed by atoms with E-state index in [1.165, 1.54) is 173 Å². The zero-order valence-electron chi connectivity index (χ0n) is 28.4. The van der Waals surface area contributed by atoms with Crippen molar-refractivity contribution in [3.8, 4) is 0 Å². The largest absolute Gasteiger partial charge is 0.0991 e. The highest BCUT2D eigenvalue weighted by atomic mass is 14.1. The van der Waals surface area contributed by atoms with Crippen LogP contribution in [0.2, 0.25) is 0 Å². The molecule has 0 aliphatic rings. The van der Waals surface area contributed by atoms with E-state index in [9.17, 15) is 0 Å². The molecule has 0 radical (unpaired) electrons. The van der Waals surface area contributed by atoms with Gasteiger partial charge in [0, 0.05) is 0 Å². The van der Waals surface area contributed by atoms with Gasteiger partial charge in [0.05, 0.1) is 0 Å². The second-order valence-electron chi connectivity index (χ2n) is 13.6. The summed E-state index contributed by atoms with van der Waals surface area (Å²) in [7, 11) is 0. The van der Waals surface area contributed by atoms with Gasteiger partial charge in [0.1, 0.15) is 0 Å². The number of hydrogen-bond acceptors (Lipinski definition) is 0. The van der Waals surface area contributed by atoms with Gasteiger partial charge in [-0.15, -0.1) is 0 Å². The fourth-order valence-corrected chi connectivity index (χ4v) is 6.18. The van der Waals surface area contributed by atoms with Crippen LogP contribution >= 0.6 is 0 Å². The maximum atomic E-state index is 3.69. The molecule has 0 N–H and O–H groups in total. The minimum Gasteiger partial charge on any atom is -0.0991 e. The van der Waals surface area contributed by atoms with E-state index in [2.05, 4.69) is 52.5 Å². The van der Waals surface area contributed by atoms with Gasteiger partial charge in [-0.25, -0.2) is 0 Å². The van der Waals surface area contributed by atoms with Crippen LogP contribution < -0.4 is 0 Å². The zero-order chi connectivity index (χ0) is 29.4. The summed E-state index contributed by atoms with van der Waals surface area (Å²) in [6, 6.07) is 0. The second-order valence-corrected chi connectivity index (χ2v) is 13.6. The van der Waals surface area contributed by atoms with Crippen LogP contribution in [0.5, 0.6) is 0 Å². The Kier molecular flexibility index (Phi) is 32.1. The summed E-state index contributed by atoms with van der Waals surface area (Å²) in [5.41, 5.74) is 0. The summed E-state index contributed by atoms with van der Waals surface area (Å²) < 4.78 is 0. The molecule has 0 bridgehead atoms. The van der Waals surface area contributed by atoms with Crippen molar-refractivity contribution in [3.63, 3.8) is 0 Å². The van der Waals surface area contributed by atoms with Crippen molar-refractivity contribution in [3.05, 3.63) is 37.0 Å². The lowest BCUT2D eigenvalue weighted by Gasteiger charge is -2.16. The van der Waals surface area contributed by atoms with Gasteiger partial charge in [-0.05, 0) is 30.6 Å². The van der Waals surface area contributed by atoms with E-state index < -0.39 is 0 Å². The minimum atomic E-state index is 0.927. The molecule has 0 heteroatoms. The molecule has 40 heavy (non-hydrogen) atoms. The van der Waals surface area contributed by atoms with Crippen LogP contribution in [0.3, 0.4) is 0 Å². The number of hydrogen-bond donors (Lipinski definition) is 0. The third-order valence-electron chi connectivity index (χ3n) is 9.15. The van der Waals surface area contributed by atoms with Crippen LogP contribution in [-0.4, -0.2) is 0 Å². The van der Waals surface area contributed by atoms with E-state index in [1.54, 1.807) is 0 Å². The minimum absolute atomic E-state index is 0.927. The van der Waals surface area contributed by atoms with Crippen LogP contribution in [0.25, 0.3) is 0 Å². The average molecular weight is 557 g/mol. The standard InChI is InChI=1S/C40H76/c1-6-8-10-12-14-16-18-20-22-24-26-28-32-38(3)34-30-36-40(5)37-31-35-39(4)33-29-27-25-23-21-19-17-15-13-11-9-7-2/h6,8,10,12,14,38-40H,1,7,9,11,13,15-37H2,2-5H3. The van der Waals surface area contributed by atoms with Crippen molar-refractivity contribution in [2.24, 2.45) is 17.8 Å². The predicted octanol–water partition coefficient (Wildman–Crippen LogP) is 14.7. The van der Waals surface area contributed by atoms with Gasteiger partial charge in [0.25, 0.3) is 0 Å². The van der Waals surface area contributed by atoms with Crippen molar-refractivity contribution < 1.29 is 0 Å². The fourth-order valence-electron chi connectivity index (χ4n) is 6.18. The first kappa shape index (κ1) is 39.2. The zero-order valence-corrected chi connectivity index (χ0v) is 28.4.